The predicted molar refractivity (Wildman–Crippen MR) is 118 cm³/mol. The molecule has 0 aliphatic carbocycles. The van der Waals surface area contributed by atoms with Gasteiger partial charge in [0.25, 0.3) is 5.91 Å². The van der Waals surface area contributed by atoms with Crippen LogP contribution in [0.5, 0.6) is 11.5 Å². The summed E-state index contributed by atoms with van der Waals surface area (Å²) in [7, 11) is 0. The second-order valence-corrected chi connectivity index (χ2v) is 7.61. The maximum absolute atomic E-state index is 12.3. The van der Waals surface area contributed by atoms with Crippen LogP contribution >= 0.6 is 0 Å². The van der Waals surface area contributed by atoms with Crippen LogP contribution in [-0.4, -0.2) is 37.0 Å². The van der Waals surface area contributed by atoms with Crippen molar-refractivity contribution in [3.63, 3.8) is 0 Å². The third kappa shape index (κ3) is 6.12. The quantitative estimate of drug-likeness (QED) is 0.533. The molecule has 6 nitrogen and oxygen atoms in total. The van der Waals surface area contributed by atoms with E-state index in [2.05, 4.69) is 10.2 Å². The number of nitrogens with one attached hydrogen (secondary N) is 1. The summed E-state index contributed by atoms with van der Waals surface area (Å²) in [4.78, 5) is 14.7. The highest BCUT2D eigenvalue weighted by Crippen LogP contribution is 2.25. The highest BCUT2D eigenvalue weighted by atomic mass is 16.5. The van der Waals surface area contributed by atoms with Gasteiger partial charge in [0.2, 0.25) is 0 Å². The molecule has 0 unspecified atom stereocenters. The maximum Gasteiger partial charge on any atom is 0.258 e. The summed E-state index contributed by atoms with van der Waals surface area (Å²) in [5.74, 6) is 2.12. The van der Waals surface area contributed by atoms with Crippen molar-refractivity contribution in [2.45, 2.75) is 25.5 Å². The SMILES string of the molecule is O=C(COc1ccc(OCc2ccccc2)cc1)NC[C@@H](c1ccco1)N1CCCC1. The summed E-state index contributed by atoms with van der Waals surface area (Å²) >= 11 is 0. The van der Waals surface area contributed by atoms with Crippen LogP contribution in [0.2, 0.25) is 0 Å². The van der Waals surface area contributed by atoms with E-state index in [4.69, 9.17) is 13.9 Å². The van der Waals surface area contributed by atoms with E-state index >= 15 is 0 Å². The van der Waals surface area contributed by atoms with Crippen LogP contribution in [0.25, 0.3) is 0 Å². The van der Waals surface area contributed by atoms with E-state index in [1.807, 2.05) is 66.7 Å². The lowest BCUT2D eigenvalue weighted by Crippen LogP contribution is -2.38. The molecule has 6 heteroatoms. The Hall–Kier alpha value is -3.25. The summed E-state index contributed by atoms with van der Waals surface area (Å²) < 4.78 is 17.0. The minimum atomic E-state index is -0.153. The Morgan fingerprint density at radius 1 is 0.935 bits per heavy atom. The number of nitrogens with zero attached hydrogens (tertiary/aromatic N) is 1. The van der Waals surface area contributed by atoms with E-state index in [0.717, 1.165) is 30.2 Å². The van der Waals surface area contributed by atoms with Gasteiger partial charge in [0, 0.05) is 6.54 Å². The fourth-order valence-corrected chi connectivity index (χ4v) is 3.73. The summed E-state index contributed by atoms with van der Waals surface area (Å²) in [6.45, 7) is 3.03. The molecule has 1 aromatic heterocycles. The molecule has 0 bridgehead atoms. The second kappa shape index (κ2) is 10.7. The number of rotatable bonds is 10. The van der Waals surface area contributed by atoms with Gasteiger partial charge in [-0.1, -0.05) is 30.3 Å². The zero-order valence-corrected chi connectivity index (χ0v) is 17.5. The van der Waals surface area contributed by atoms with Gasteiger partial charge in [0.15, 0.2) is 6.61 Å². The van der Waals surface area contributed by atoms with Crippen molar-refractivity contribution in [2.75, 3.05) is 26.2 Å². The molecule has 4 rings (SSSR count). The molecule has 1 aliphatic heterocycles. The van der Waals surface area contributed by atoms with Crippen LogP contribution in [0.15, 0.2) is 77.4 Å². The molecule has 3 aromatic rings. The number of ether oxygens (including phenoxy) is 2. The van der Waals surface area contributed by atoms with Crippen LogP contribution in [0.3, 0.4) is 0 Å². The number of hydrogen-bond donors (Lipinski definition) is 1. The normalized spacial score (nSPS) is 14.8. The van der Waals surface area contributed by atoms with Gasteiger partial charge in [0.05, 0.1) is 12.3 Å². The number of carbonyl (C=O) groups is 1. The molecule has 1 fully saturated rings. The van der Waals surface area contributed by atoms with Crippen LogP contribution < -0.4 is 14.8 Å². The number of benzene rings is 2. The Bertz CT molecular complexity index is 920. The van der Waals surface area contributed by atoms with Crippen LogP contribution in [0.4, 0.5) is 0 Å². The first kappa shape index (κ1) is 21.0. The monoisotopic (exact) mass is 420 g/mol. The van der Waals surface area contributed by atoms with Gasteiger partial charge in [-0.05, 0) is 67.9 Å². The minimum Gasteiger partial charge on any atom is -0.489 e. The lowest BCUT2D eigenvalue weighted by Gasteiger charge is -2.26. The molecule has 2 heterocycles. The van der Waals surface area contributed by atoms with E-state index in [1.165, 1.54) is 12.8 Å². The van der Waals surface area contributed by atoms with E-state index in [1.54, 1.807) is 6.26 Å². The molecule has 162 valence electrons. The number of likely N-dealkylation sites (tertiary alicyclic amines) is 1. The van der Waals surface area contributed by atoms with E-state index in [9.17, 15) is 4.79 Å². The molecule has 31 heavy (non-hydrogen) atoms. The average Bonchev–Trinajstić information content (AvgIpc) is 3.53. The van der Waals surface area contributed by atoms with Crippen LogP contribution in [0, 0.1) is 0 Å². The van der Waals surface area contributed by atoms with Crippen molar-refractivity contribution in [2.24, 2.45) is 0 Å². The van der Waals surface area contributed by atoms with Crippen molar-refractivity contribution in [1.29, 1.82) is 0 Å². The standard InChI is InChI=1S/C25H28N2O4/c28-25(26-17-23(24-9-6-16-29-24)27-14-4-5-15-27)19-31-22-12-10-21(11-13-22)30-18-20-7-2-1-3-8-20/h1-3,6-13,16,23H,4-5,14-15,17-19H2,(H,26,28)/t23-/m0/s1. The van der Waals surface area contributed by atoms with Gasteiger partial charge in [-0.3, -0.25) is 9.69 Å². The van der Waals surface area contributed by atoms with Crippen LogP contribution in [0.1, 0.15) is 30.2 Å². The zero-order chi connectivity index (χ0) is 21.3. The van der Waals surface area contributed by atoms with Crippen molar-refractivity contribution >= 4 is 5.91 Å². The van der Waals surface area contributed by atoms with Gasteiger partial charge in [-0.2, -0.15) is 0 Å². The first-order valence-corrected chi connectivity index (χ1v) is 10.7. The maximum atomic E-state index is 12.3. The highest BCUT2D eigenvalue weighted by Gasteiger charge is 2.25. The molecule has 0 spiro atoms. The molecule has 1 amide bonds. The molecular formula is C25H28N2O4. The molecule has 1 saturated heterocycles. The van der Waals surface area contributed by atoms with Gasteiger partial charge >= 0.3 is 0 Å². The van der Waals surface area contributed by atoms with Crippen LogP contribution in [-0.2, 0) is 11.4 Å². The Kier molecular flexibility index (Phi) is 7.24. The lowest BCUT2D eigenvalue weighted by molar-refractivity contribution is -0.123. The molecule has 2 aromatic carbocycles. The average molecular weight is 421 g/mol. The zero-order valence-electron chi connectivity index (χ0n) is 17.5. The van der Waals surface area contributed by atoms with E-state index in [-0.39, 0.29) is 18.6 Å². The number of carbonyl (C=O) groups excluding carboxylic acids is 1. The molecule has 0 radical (unpaired) electrons. The van der Waals surface area contributed by atoms with Crippen molar-refractivity contribution in [3.8, 4) is 11.5 Å². The topological polar surface area (TPSA) is 63.9 Å². The Balaban J connectivity index is 1.22. The van der Waals surface area contributed by atoms with Gasteiger partial charge in [-0.15, -0.1) is 0 Å². The minimum absolute atomic E-state index is 0.0326. The number of furan rings is 1. The van der Waals surface area contributed by atoms with Crippen molar-refractivity contribution < 1.29 is 18.7 Å². The van der Waals surface area contributed by atoms with Gasteiger partial charge in [0.1, 0.15) is 23.9 Å². The summed E-state index contributed by atoms with van der Waals surface area (Å²) in [5.41, 5.74) is 1.11. The first-order valence-electron chi connectivity index (χ1n) is 10.7. The Morgan fingerprint density at radius 2 is 1.65 bits per heavy atom. The van der Waals surface area contributed by atoms with Gasteiger partial charge in [-0.25, -0.2) is 0 Å². The fraction of sp³-hybridized carbons (Fsp3) is 0.320. The Labute approximate surface area is 182 Å². The Morgan fingerprint density at radius 3 is 2.32 bits per heavy atom. The largest absolute Gasteiger partial charge is 0.489 e. The number of amides is 1. The molecule has 1 atom stereocenters. The molecular weight excluding hydrogens is 392 g/mol. The third-order valence-electron chi connectivity index (χ3n) is 5.39. The van der Waals surface area contributed by atoms with E-state index < -0.39 is 0 Å². The van der Waals surface area contributed by atoms with E-state index in [0.29, 0.717) is 18.9 Å². The fourth-order valence-electron chi connectivity index (χ4n) is 3.73. The lowest BCUT2D eigenvalue weighted by atomic mass is 10.2. The molecule has 1 aliphatic rings. The molecule has 1 N–H and O–H groups in total. The van der Waals surface area contributed by atoms with Crippen molar-refractivity contribution in [3.05, 3.63) is 84.3 Å². The second-order valence-electron chi connectivity index (χ2n) is 7.61. The van der Waals surface area contributed by atoms with Crippen molar-refractivity contribution in [1.82, 2.24) is 10.2 Å². The molecule has 0 saturated carbocycles. The number of hydrogen-bond acceptors (Lipinski definition) is 5. The van der Waals surface area contributed by atoms with Gasteiger partial charge < -0.3 is 19.2 Å². The summed E-state index contributed by atoms with van der Waals surface area (Å²) in [6.07, 6.45) is 4.04. The first-order chi connectivity index (χ1) is 15.3. The summed E-state index contributed by atoms with van der Waals surface area (Å²) in [5, 5.41) is 2.98. The predicted octanol–water partition coefficient (Wildman–Crippen LogP) is 4.19. The smallest absolute Gasteiger partial charge is 0.258 e. The summed E-state index contributed by atoms with van der Waals surface area (Å²) in [6, 6.07) is 21.2. The highest BCUT2D eigenvalue weighted by molar-refractivity contribution is 5.77. The third-order valence-corrected chi connectivity index (χ3v) is 5.39.